The van der Waals surface area contributed by atoms with Crippen molar-refractivity contribution in [2.45, 2.75) is 13.0 Å². The molecule has 1 unspecified atom stereocenters. The Balaban J connectivity index is 2.22. The van der Waals surface area contributed by atoms with E-state index in [0.717, 1.165) is 0 Å². The fourth-order valence-corrected chi connectivity index (χ4v) is 1.84. The van der Waals surface area contributed by atoms with Crippen molar-refractivity contribution in [3.8, 4) is 0 Å². The van der Waals surface area contributed by atoms with Crippen LogP contribution in [-0.2, 0) is 4.79 Å². The average Bonchev–Trinajstić information content (AvgIpc) is 2.49. The van der Waals surface area contributed by atoms with Gasteiger partial charge in [0.25, 0.3) is 0 Å². The molecule has 0 spiro atoms. The van der Waals surface area contributed by atoms with Gasteiger partial charge in [0.2, 0.25) is 0 Å². The van der Waals surface area contributed by atoms with Gasteiger partial charge in [-0.2, -0.15) is 10.2 Å². The average molecular weight is 301 g/mol. The molecule has 0 saturated heterocycles. The van der Waals surface area contributed by atoms with Crippen molar-refractivity contribution in [3.63, 3.8) is 0 Å². The topological polar surface area (TPSA) is 58.9 Å². The summed E-state index contributed by atoms with van der Waals surface area (Å²) in [5.74, 6) is -0.706. The zero-order valence-electron chi connectivity index (χ0n) is 11.4. The van der Waals surface area contributed by atoms with Crippen molar-refractivity contribution >= 4 is 28.9 Å². The van der Waals surface area contributed by atoms with Crippen molar-refractivity contribution in [3.05, 3.63) is 65.2 Å². The summed E-state index contributed by atoms with van der Waals surface area (Å²) < 4.78 is 0. The summed E-state index contributed by atoms with van der Waals surface area (Å²) >= 11 is 5.77. The highest BCUT2D eigenvalue weighted by Crippen LogP contribution is 2.18. The molecule has 21 heavy (non-hydrogen) atoms. The lowest BCUT2D eigenvalue weighted by Gasteiger charge is -2.06. The van der Waals surface area contributed by atoms with Gasteiger partial charge in [-0.05, 0) is 31.2 Å². The summed E-state index contributed by atoms with van der Waals surface area (Å²) in [6.07, 6.45) is 0. The minimum Gasteiger partial charge on any atom is -0.297 e. The first-order valence-electron chi connectivity index (χ1n) is 6.34. The molecule has 1 atom stereocenters. The highest BCUT2D eigenvalue weighted by atomic mass is 35.5. The van der Waals surface area contributed by atoms with Crippen molar-refractivity contribution in [2.24, 2.45) is 10.2 Å². The van der Waals surface area contributed by atoms with Crippen LogP contribution < -0.4 is 0 Å². The Bertz CT molecular complexity index is 666. The van der Waals surface area contributed by atoms with E-state index in [-0.39, 0.29) is 11.6 Å². The molecule has 0 fully saturated rings. The zero-order valence-corrected chi connectivity index (χ0v) is 12.1. The van der Waals surface area contributed by atoms with Crippen LogP contribution in [-0.4, -0.2) is 17.6 Å². The third-order valence-corrected chi connectivity index (χ3v) is 3.06. The summed E-state index contributed by atoms with van der Waals surface area (Å²) in [6, 6.07) is 14.1. The lowest BCUT2D eigenvalue weighted by molar-refractivity contribution is -0.117. The third-order valence-electron chi connectivity index (χ3n) is 2.81. The highest BCUT2D eigenvalue weighted by molar-refractivity contribution is 6.30. The maximum absolute atomic E-state index is 12.3. The maximum Gasteiger partial charge on any atom is 0.196 e. The van der Waals surface area contributed by atoms with Gasteiger partial charge in [-0.25, -0.2) is 0 Å². The van der Waals surface area contributed by atoms with E-state index in [9.17, 15) is 9.59 Å². The number of hydrogen-bond acceptors (Lipinski definition) is 4. The molecule has 0 amide bonds. The van der Waals surface area contributed by atoms with Gasteiger partial charge < -0.3 is 0 Å². The predicted octanol–water partition coefficient (Wildman–Crippen LogP) is 4.26. The highest BCUT2D eigenvalue weighted by Gasteiger charge is 2.24. The lowest BCUT2D eigenvalue weighted by Crippen LogP contribution is -2.26. The van der Waals surface area contributed by atoms with Crippen LogP contribution in [0.1, 0.15) is 17.3 Å². The number of benzene rings is 2. The van der Waals surface area contributed by atoms with Gasteiger partial charge in [-0.3, -0.25) is 9.59 Å². The molecule has 0 saturated carbocycles. The summed E-state index contributed by atoms with van der Waals surface area (Å²) in [7, 11) is 0. The number of halogens is 1. The van der Waals surface area contributed by atoms with Crippen molar-refractivity contribution in [1.82, 2.24) is 0 Å². The third kappa shape index (κ3) is 4.07. The molecule has 0 aliphatic carbocycles. The molecule has 2 rings (SSSR count). The molecule has 0 aromatic heterocycles. The van der Waals surface area contributed by atoms with Crippen molar-refractivity contribution in [2.75, 3.05) is 0 Å². The van der Waals surface area contributed by atoms with E-state index >= 15 is 0 Å². The van der Waals surface area contributed by atoms with Gasteiger partial charge in [0.1, 0.15) is 0 Å². The monoisotopic (exact) mass is 300 g/mol. The molecule has 0 aliphatic heterocycles. The Kier molecular flexibility index (Phi) is 4.95. The van der Waals surface area contributed by atoms with Gasteiger partial charge in [0.15, 0.2) is 17.6 Å². The Morgan fingerprint density at radius 2 is 1.62 bits per heavy atom. The molecule has 0 bridgehead atoms. The molecule has 2 aromatic rings. The van der Waals surface area contributed by atoms with Crippen LogP contribution in [0.5, 0.6) is 0 Å². The number of ketones is 2. The molecule has 0 radical (unpaired) electrons. The Morgan fingerprint density at radius 1 is 1.00 bits per heavy atom. The zero-order chi connectivity index (χ0) is 15.2. The second-order valence-corrected chi connectivity index (χ2v) is 4.87. The molecular formula is C16H13ClN2O2. The Hall–Kier alpha value is -2.33. The maximum atomic E-state index is 12.3. The van der Waals surface area contributed by atoms with Gasteiger partial charge >= 0.3 is 0 Å². The van der Waals surface area contributed by atoms with Crippen LogP contribution in [0.3, 0.4) is 0 Å². The molecule has 106 valence electrons. The van der Waals surface area contributed by atoms with Crippen LogP contribution in [0.2, 0.25) is 5.02 Å². The molecule has 0 aliphatic rings. The molecule has 4 nitrogen and oxygen atoms in total. The number of rotatable bonds is 5. The van der Waals surface area contributed by atoms with E-state index in [0.29, 0.717) is 16.3 Å². The SMILES string of the molecule is CC(=O)C(N=Nc1ccc(Cl)cc1)C(=O)c1ccccc1. The smallest absolute Gasteiger partial charge is 0.196 e. The fraction of sp³-hybridized carbons (Fsp3) is 0.125. The van der Waals surface area contributed by atoms with E-state index in [1.54, 1.807) is 54.6 Å². The summed E-state index contributed by atoms with van der Waals surface area (Å²) in [5.41, 5.74) is 0.972. The number of Topliss-reactive ketones (excluding diaryl/α,β-unsaturated/α-hetero) is 2. The molecule has 0 N–H and O–H groups in total. The second-order valence-electron chi connectivity index (χ2n) is 4.44. The predicted molar refractivity (Wildman–Crippen MR) is 81.2 cm³/mol. The summed E-state index contributed by atoms with van der Waals surface area (Å²) in [4.78, 5) is 23.9. The van der Waals surface area contributed by atoms with Gasteiger partial charge in [0.05, 0.1) is 5.69 Å². The molecule has 5 heteroatoms. The van der Waals surface area contributed by atoms with Crippen LogP contribution in [0.4, 0.5) is 5.69 Å². The van der Waals surface area contributed by atoms with Crippen LogP contribution in [0.15, 0.2) is 64.8 Å². The number of azo groups is 1. The first-order chi connectivity index (χ1) is 10.1. The van der Waals surface area contributed by atoms with Gasteiger partial charge in [0, 0.05) is 10.6 Å². The lowest BCUT2D eigenvalue weighted by atomic mass is 10.0. The number of hydrogen-bond donors (Lipinski definition) is 0. The fourth-order valence-electron chi connectivity index (χ4n) is 1.71. The first kappa shape index (κ1) is 15.1. The van der Waals surface area contributed by atoms with E-state index < -0.39 is 6.04 Å². The quantitative estimate of drug-likeness (QED) is 0.470. The first-order valence-corrected chi connectivity index (χ1v) is 6.72. The van der Waals surface area contributed by atoms with Crippen molar-refractivity contribution < 1.29 is 9.59 Å². The minimum absolute atomic E-state index is 0.346. The number of carbonyl (C=O) groups is 2. The molecular weight excluding hydrogens is 288 g/mol. The van der Waals surface area contributed by atoms with Crippen LogP contribution >= 0.6 is 11.6 Å². The normalized spacial score (nSPS) is 12.3. The van der Waals surface area contributed by atoms with E-state index in [1.807, 2.05) is 0 Å². The number of nitrogens with zero attached hydrogens (tertiary/aromatic N) is 2. The van der Waals surface area contributed by atoms with Gasteiger partial charge in [-0.1, -0.05) is 41.9 Å². The van der Waals surface area contributed by atoms with Gasteiger partial charge in [-0.15, -0.1) is 0 Å². The summed E-state index contributed by atoms with van der Waals surface area (Å²) in [6.45, 7) is 1.33. The van der Waals surface area contributed by atoms with E-state index in [1.165, 1.54) is 6.92 Å². The second kappa shape index (κ2) is 6.90. The minimum atomic E-state index is -1.12. The van der Waals surface area contributed by atoms with E-state index in [4.69, 9.17) is 11.6 Å². The standard InChI is InChI=1S/C16H13ClN2O2/c1-11(20)15(16(21)12-5-3-2-4-6-12)19-18-14-9-7-13(17)8-10-14/h2-10,15H,1H3. The van der Waals surface area contributed by atoms with Crippen LogP contribution in [0.25, 0.3) is 0 Å². The largest absolute Gasteiger partial charge is 0.297 e. The Labute approximate surface area is 127 Å². The molecule has 2 aromatic carbocycles. The summed E-state index contributed by atoms with van der Waals surface area (Å²) in [5, 5.41) is 8.40. The van der Waals surface area contributed by atoms with Crippen LogP contribution in [0, 0.1) is 0 Å². The molecule has 0 heterocycles. The number of carbonyl (C=O) groups excluding carboxylic acids is 2. The van der Waals surface area contributed by atoms with Crippen molar-refractivity contribution in [1.29, 1.82) is 0 Å². The van der Waals surface area contributed by atoms with E-state index in [2.05, 4.69) is 10.2 Å². The Morgan fingerprint density at radius 3 is 2.19 bits per heavy atom.